The highest BCUT2D eigenvalue weighted by Gasteiger charge is 2.44. The molecule has 7 N–H and O–H groups in total. The number of aromatic amines is 1. The van der Waals surface area contributed by atoms with Gasteiger partial charge in [0.25, 0.3) is 0 Å². The maximum Gasteiger partial charge on any atom is 0.201 e. The molecule has 3 aromatic carbocycles. The molecule has 9 heteroatoms. The Kier molecular flexibility index (Phi) is 11.4. The Labute approximate surface area is 312 Å². The monoisotopic (exact) mass is 725 g/mol. The number of rotatable bonds is 11. The lowest BCUT2D eigenvalue weighted by molar-refractivity contribution is -0.154. The quantitative estimate of drug-likeness (QED) is 0.0784. The zero-order chi connectivity index (χ0) is 37.2. The second kappa shape index (κ2) is 16.1. The number of aromatic hydroxyl groups is 3. The maximum atomic E-state index is 11.6. The van der Waals surface area contributed by atoms with Crippen LogP contribution >= 0.6 is 0 Å². The first kappa shape index (κ1) is 37.3. The summed E-state index contributed by atoms with van der Waals surface area (Å²) in [6.07, 6.45) is 8.91. The number of methoxy groups -OCH3 is 1. The fourth-order valence-corrected chi connectivity index (χ4v) is 9.86. The number of aliphatic hydroxyl groups is 3. The Morgan fingerprint density at radius 1 is 0.906 bits per heavy atom. The molecule has 0 bridgehead atoms. The number of benzene rings is 3. The molecule has 53 heavy (non-hydrogen) atoms. The second-order valence-electron chi connectivity index (χ2n) is 15.9. The van der Waals surface area contributed by atoms with E-state index in [0.29, 0.717) is 36.3 Å². The number of hydrogen-bond donors (Lipinski definition) is 7. The van der Waals surface area contributed by atoms with Crippen molar-refractivity contribution in [2.45, 2.75) is 114 Å². The van der Waals surface area contributed by atoms with Gasteiger partial charge < -0.3 is 45.1 Å². The Balaban J connectivity index is 1.14. The predicted molar refractivity (Wildman–Crippen MR) is 202 cm³/mol. The van der Waals surface area contributed by atoms with Crippen LogP contribution in [0, 0.1) is 17.8 Å². The van der Waals surface area contributed by atoms with E-state index in [9.17, 15) is 30.6 Å². The Hall–Kier alpha value is -4.02. The van der Waals surface area contributed by atoms with Crippen molar-refractivity contribution in [3.63, 3.8) is 0 Å². The van der Waals surface area contributed by atoms with E-state index >= 15 is 0 Å². The van der Waals surface area contributed by atoms with Crippen LogP contribution in [-0.2, 0) is 24.2 Å². The minimum absolute atomic E-state index is 0.0467. The molecule has 1 aliphatic heterocycles. The summed E-state index contributed by atoms with van der Waals surface area (Å²) in [5.41, 5.74) is 5.48. The molecule has 9 unspecified atom stereocenters. The third-order valence-corrected chi connectivity index (χ3v) is 12.7. The number of ether oxygens (including phenoxy) is 2. The molecule has 1 aromatic heterocycles. The van der Waals surface area contributed by atoms with Crippen molar-refractivity contribution >= 4 is 0 Å². The van der Waals surface area contributed by atoms with E-state index in [4.69, 9.17) is 9.47 Å². The number of H-pyrrole nitrogens is 1. The molecule has 2 aliphatic carbocycles. The zero-order valence-electron chi connectivity index (χ0n) is 30.8. The van der Waals surface area contributed by atoms with Crippen molar-refractivity contribution < 1.29 is 40.1 Å². The van der Waals surface area contributed by atoms with Gasteiger partial charge in [0.05, 0.1) is 38.1 Å². The van der Waals surface area contributed by atoms with Crippen molar-refractivity contribution in [2.24, 2.45) is 17.8 Å². The summed E-state index contributed by atoms with van der Waals surface area (Å²) in [4.78, 5) is 3.05. The van der Waals surface area contributed by atoms with Gasteiger partial charge in [-0.25, -0.2) is 0 Å². The van der Waals surface area contributed by atoms with E-state index in [-0.39, 0.29) is 53.3 Å². The van der Waals surface area contributed by atoms with E-state index in [1.54, 1.807) is 6.20 Å². The van der Waals surface area contributed by atoms with Crippen molar-refractivity contribution in [1.82, 2.24) is 4.98 Å². The summed E-state index contributed by atoms with van der Waals surface area (Å²) < 4.78 is 12.5. The average Bonchev–Trinajstić information content (AvgIpc) is 3.69. The van der Waals surface area contributed by atoms with Gasteiger partial charge >= 0.3 is 0 Å². The molecule has 0 radical (unpaired) electrons. The first-order valence-corrected chi connectivity index (χ1v) is 19.4. The van der Waals surface area contributed by atoms with Gasteiger partial charge in [0.2, 0.25) is 5.75 Å². The third kappa shape index (κ3) is 7.67. The molecule has 0 spiro atoms. The number of aromatic nitrogens is 1. The lowest BCUT2D eigenvalue weighted by atomic mass is 9.67. The molecule has 3 fully saturated rings. The zero-order valence-corrected chi connectivity index (χ0v) is 30.8. The van der Waals surface area contributed by atoms with Gasteiger partial charge in [0, 0.05) is 42.3 Å². The molecule has 2 saturated carbocycles. The highest BCUT2D eigenvalue weighted by molar-refractivity contribution is 5.64. The molecule has 0 amide bonds. The molecule has 284 valence electrons. The van der Waals surface area contributed by atoms with Crippen LogP contribution in [0.5, 0.6) is 23.0 Å². The van der Waals surface area contributed by atoms with Crippen LogP contribution in [0.3, 0.4) is 0 Å². The fourth-order valence-electron chi connectivity index (χ4n) is 9.86. The summed E-state index contributed by atoms with van der Waals surface area (Å²) in [5, 5.41) is 66.8. The van der Waals surface area contributed by atoms with Crippen molar-refractivity contribution in [3.05, 3.63) is 106 Å². The maximum absolute atomic E-state index is 11.6. The predicted octanol–water partition coefficient (Wildman–Crippen LogP) is 7.51. The van der Waals surface area contributed by atoms with E-state index < -0.39 is 36.4 Å². The first-order chi connectivity index (χ1) is 25.7. The molecule has 1 saturated heterocycles. The lowest BCUT2D eigenvalue weighted by Gasteiger charge is -2.46. The van der Waals surface area contributed by atoms with Gasteiger partial charge in [-0.3, -0.25) is 0 Å². The van der Waals surface area contributed by atoms with Crippen LogP contribution in [0.1, 0.15) is 115 Å². The number of aryl methyl sites for hydroxylation is 1. The van der Waals surface area contributed by atoms with Crippen molar-refractivity contribution in [1.29, 1.82) is 0 Å². The number of aliphatic hydroxyl groups excluding tert-OH is 3. The smallest absolute Gasteiger partial charge is 0.201 e. The number of phenols is 3. The normalized spacial score (nSPS) is 27.9. The van der Waals surface area contributed by atoms with Crippen LogP contribution in [0.4, 0.5) is 0 Å². The topological polar surface area (TPSA) is 156 Å². The van der Waals surface area contributed by atoms with Gasteiger partial charge in [-0.2, -0.15) is 0 Å². The third-order valence-electron chi connectivity index (χ3n) is 12.7. The average molecular weight is 726 g/mol. The number of phenolic OH excluding ortho intramolecular Hbond substituents is 2. The van der Waals surface area contributed by atoms with Crippen LogP contribution < -0.4 is 4.74 Å². The molecule has 2 heterocycles. The van der Waals surface area contributed by atoms with Crippen LogP contribution in [0.15, 0.2) is 67.0 Å². The number of fused-ring (bicyclic) bond motifs is 1. The number of hydrogen-bond acceptors (Lipinski definition) is 8. The van der Waals surface area contributed by atoms with Gasteiger partial charge in [-0.1, -0.05) is 55.8 Å². The Morgan fingerprint density at radius 3 is 2.45 bits per heavy atom. The molecule has 3 aliphatic rings. The van der Waals surface area contributed by atoms with E-state index in [2.05, 4.69) is 30.1 Å². The highest BCUT2D eigenvalue weighted by Crippen LogP contribution is 2.53. The molecule has 7 rings (SSSR count). The van der Waals surface area contributed by atoms with E-state index in [1.165, 1.54) is 12.7 Å². The number of nitrogens with one attached hydrogen (secondary N) is 1. The lowest BCUT2D eigenvalue weighted by Crippen LogP contribution is -2.44. The molecular weight excluding hydrogens is 670 g/mol. The highest BCUT2D eigenvalue weighted by atomic mass is 16.5. The van der Waals surface area contributed by atoms with Crippen LogP contribution in [0.2, 0.25) is 0 Å². The summed E-state index contributed by atoms with van der Waals surface area (Å²) in [7, 11) is 1.43. The minimum Gasteiger partial charge on any atom is -0.508 e. The molecule has 9 nitrogen and oxygen atoms in total. The van der Waals surface area contributed by atoms with Crippen molar-refractivity contribution in [2.75, 3.05) is 7.11 Å². The first-order valence-electron chi connectivity index (χ1n) is 19.4. The summed E-state index contributed by atoms with van der Waals surface area (Å²) in [6, 6.07) is 18.2. The Morgan fingerprint density at radius 2 is 1.72 bits per heavy atom. The molecular formula is C44H55NO8. The van der Waals surface area contributed by atoms with Crippen molar-refractivity contribution in [3.8, 4) is 23.0 Å². The van der Waals surface area contributed by atoms with E-state index in [0.717, 1.165) is 55.2 Å². The molecule has 9 atom stereocenters. The minimum atomic E-state index is -0.662. The van der Waals surface area contributed by atoms with Crippen LogP contribution in [0.25, 0.3) is 0 Å². The Bertz CT molecular complexity index is 1830. The summed E-state index contributed by atoms with van der Waals surface area (Å²) in [5.74, 6) is 0.178. The summed E-state index contributed by atoms with van der Waals surface area (Å²) >= 11 is 0. The van der Waals surface area contributed by atoms with E-state index in [1.807, 2.05) is 42.6 Å². The van der Waals surface area contributed by atoms with Gasteiger partial charge in [0.1, 0.15) is 5.75 Å². The van der Waals surface area contributed by atoms with Gasteiger partial charge in [-0.15, -0.1) is 0 Å². The van der Waals surface area contributed by atoms with Gasteiger partial charge in [-0.05, 0) is 109 Å². The summed E-state index contributed by atoms with van der Waals surface area (Å²) in [6.45, 7) is 1.74. The van der Waals surface area contributed by atoms with Gasteiger partial charge in [0.15, 0.2) is 11.5 Å². The van der Waals surface area contributed by atoms with Crippen LogP contribution in [-0.4, -0.2) is 61.0 Å². The fraction of sp³-hybridized carbons (Fsp3) is 0.500. The molecule has 4 aromatic rings. The largest absolute Gasteiger partial charge is 0.508 e. The standard InChI is InChI=1S/C44H55NO8/c1-25-8-12-30(36(47)14-9-26-6-4-3-5-7-26)32(18-25)33-20-28(11-15-37(33)48)29-10-13-31-38(49)22-40(53-39(31)21-29)41-34(19-27-16-17-45-23-27)44(52-2)43(51)42(50)35(41)24-46/h3-7,11,15-17,20,23,25,29-32,36,38-40,45-51H,8-10,12-14,18-19,21-22,24H2,1-2H3. The SMILES string of the molecule is COc1c(O)c(O)c(CO)c(C2CC(O)C3CCC(c4ccc(O)c(C5CC(C)CCC5C(O)CCc5ccccc5)c4)CC3O2)c1Cc1cc[nH]c1. The second-order valence-corrected chi connectivity index (χ2v) is 15.9.